The van der Waals surface area contributed by atoms with Gasteiger partial charge in [-0.25, -0.2) is 9.97 Å². The standard InChI is InChI=1S/C64H44N6/c1-7-29-54-45(21-1)46-22-2-8-30-55(46)67(54)43-19-13-17-41(39-43)52-27-15-35-61(65-52)69-59-34-12-6-26-51(59)63-60(69)38-37-50-49-25-5-11-33-58(49)70(64(50)63)62-36-16-28-53(66-62)42-18-14-20-44(40-42)68-56-31-9-3-23-47(56)48-24-4-10-32-57(48)68/h1-11,13-18,20-33,35-40,43H,12,19,34H2. The van der Waals surface area contributed by atoms with Crippen LogP contribution in [0.3, 0.4) is 0 Å². The summed E-state index contributed by atoms with van der Waals surface area (Å²) in [4.78, 5) is 11.1. The minimum atomic E-state index is 0.159. The van der Waals surface area contributed by atoms with Crippen molar-refractivity contribution in [2.24, 2.45) is 0 Å². The van der Waals surface area contributed by atoms with Crippen LogP contribution in [-0.2, 0) is 6.42 Å². The van der Waals surface area contributed by atoms with Crippen LogP contribution in [0.1, 0.15) is 35.8 Å². The number of para-hydroxylation sites is 5. The van der Waals surface area contributed by atoms with Gasteiger partial charge in [-0.2, -0.15) is 0 Å². The van der Waals surface area contributed by atoms with Crippen molar-refractivity contribution in [3.8, 4) is 28.6 Å². The van der Waals surface area contributed by atoms with Crippen molar-refractivity contribution in [1.29, 1.82) is 0 Å². The maximum absolute atomic E-state index is 5.54. The molecule has 330 valence electrons. The summed E-state index contributed by atoms with van der Waals surface area (Å²) in [6.07, 6.45) is 14.5. The average Bonchev–Trinajstić information content (AvgIpc) is 4.16. The molecule has 15 rings (SSSR count). The zero-order chi connectivity index (χ0) is 45.9. The second-order valence-electron chi connectivity index (χ2n) is 18.8. The van der Waals surface area contributed by atoms with E-state index in [0.29, 0.717) is 0 Å². The minimum absolute atomic E-state index is 0.159. The van der Waals surface area contributed by atoms with Crippen molar-refractivity contribution in [2.75, 3.05) is 0 Å². The molecule has 70 heavy (non-hydrogen) atoms. The van der Waals surface area contributed by atoms with Gasteiger partial charge in [-0.1, -0.05) is 152 Å². The quantitative estimate of drug-likeness (QED) is 0.167. The molecule has 6 heteroatoms. The Balaban J connectivity index is 0.882. The van der Waals surface area contributed by atoms with Crippen LogP contribution < -0.4 is 0 Å². The highest BCUT2D eigenvalue weighted by Gasteiger charge is 2.26. The van der Waals surface area contributed by atoms with E-state index in [1.165, 1.54) is 71.0 Å². The molecule has 0 saturated carbocycles. The number of pyridine rings is 2. The normalized spacial score (nSPS) is 14.8. The topological polar surface area (TPSA) is 45.5 Å². The lowest BCUT2D eigenvalue weighted by Gasteiger charge is -2.21. The highest BCUT2D eigenvalue weighted by atomic mass is 15.1. The molecule has 0 amide bonds. The average molecular weight is 897 g/mol. The summed E-state index contributed by atoms with van der Waals surface area (Å²) in [5.41, 5.74) is 16.1. The van der Waals surface area contributed by atoms with E-state index in [4.69, 9.17) is 9.97 Å². The van der Waals surface area contributed by atoms with Gasteiger partial charge in [0.1, 0.15) is 11.6 Å². The van der Waals surface area contributed by atoms with Crippen LogP contribution in [0.5, 0.6) is 0 Å². The van der Waals surface area contributed by atoms with Gasteiger partial charge < -0.3 is 9.13 Å². The summed E-state index contributed by atoms with van der Waals surface area (Å²) >= 11 is 0. The first-order valence-electron chi connectivity index (χ1n) is 24.4. The first-order valence-corrected chi connectivity index (χ1v) is 24.4. The van der Waals surface area contributed by atoms with Crippen LogP contribution in [0.25, 0.3) is 117 Å². The van der Waals surface area contributed by atoms with Gasteiger partial charge in [0.25, 0.3) is 0 Å². The molecular formula is C64H44N6. The lowest BCUT2D eigenvalue weighted by atomic mass is 9.99. The Morgan fingerprint density at radius 3 is 1.70 bits per heavy atom. The molecule has 2 aliphatic rings. The Kier molecular flexibility index (Phi) is 8.51. The van der Waals surface area contributed by atoms with Crippen LogP contribution in [0.4, 0.5) is 0 Å². The molecule has 1 atom stereocenters. The van der Waals surface area contributed by atoms with E-state index in [1.54, 1.807) is 0 Å². The summed E-state index contributed by atoms with van der Waals surface area (Å²) in [7, 11) is 0. The second kappa shape index (κ2) is 15.3. The molecule has 0 spiro atoms. The predicted molar refractivity (Wildman–Crippen MR) is 291 cm³/mol. The monoisotopic (exact) mass is 896 g/mol. The van der Waals surface area contributed by atoms with Crippen molar-refractivity contribution >= 4 is 88.0 Å². The fraction of sp³-hybridized carbons (Fsp3) is 0.0625. The highest BCUT2D eigenvalue weighted by molar-refractivity contribution is 6.21. The fourth-order valence-electron chi connectivity index (χ4n) is 12.0. The Bertz CT molecular complexity index is 4300. The Morgan fingerprint density at radius 2 is 1.00 bits per heavy atom. The van der Waals surface area contributed by atoms with Gasteiger partial charge >= 0.3 is 0 Å². The third-order valence-corrected chi connectivity index (χ3v) is 14.9. The number of allylic oxidation sites excluding steroid dienone is 5. The number of benzene rings is 7. The number of fused-ring (bicyclic) bond motifs is 13. The van der Waals surface area contributed by atoms with Crippen molar-refractivity contribution in [1.82, 2.24) is 28.2 Å². The van der Waals surface area contributed by atoms with E-state index in [9.17, 15) is 0 Å². The summed E-state index contributed by atoms with van der Waals surface area (Å²) in [6, 6.07) is 70.3. The lowest BCUT2D eigenvalue weighted by molar-refractivity contribution is 0.650. The maximum atomic E-state index is 5.54. The number of hydrogen-bond donors (Lipinski definition) is 0. The molecule has 1 unspecified atom stereocenters. The largest absolute Gasteiger partial charge is 0.333 e. The minimum Gasteiger partial charge on any atom is -0.333 e. The first kappa shape index (κ1) is 39.0. The van der Waals surface area contributed by atoms with Gasteiger partial charge in [-0.05, 0) is 97.6 Å². The van der Waals surface area contributed by atoms with Crippen LogP contribution in [0, 0.1) is 0 Å². The SMILES string of the molecule is C1=Cc2c(n(-c3cccc(C4=CC(n5c6ccccc6c6ccccc65)CC=C4)n3)c3ccc4c5ccccc5n(-c5cccc(-c6cccc(-n7c8ccccc8c8ccccc87)c6)n5)c4c23)CC1. The molecule has 7 aromatic carbocycles. The molecule has 0 saturated heterocycles. The Hall–Kier alpha value is -9.00. The predicted octanol–water partition coefficient (Wildman–Crippen LogP) is 15.9. The number of aromatic nitrogens is 6. The van der Waals surface area contributed by atoms with Crippen molar-refractivity contribution in [2.45, 2.75) is 25.3 Å². The van der Waals surface area contributed by atoms with Gasteiger partial charge in [0, 0.05) is 71.2 Å². The number of rotatable bonds is 6. The molecule has 0 N–H and O–H groups in total. The molecule has 0 aliphatic heterocycles. The molecular weight excluding hydrogens is 853 g/mol. The smallest absolute Gasteiger partial charge is 0.138 e. The van der Waals surface area contributed by atoms with Crippen LogP contribution in [-0.4, -0.2) is 28.2 Å². The van der Waals surface area contributed by atoms with Gasteiger partial charge in [-0.15, -0.1) is 0 Å². The van der Waals surface area contributed by atoms with Crippen LogP contribution >= 0.6 is 0 Å². The van der Waals surface area contributed by atoms with E-state index in [0.717, 1.165) is 75.7 Å². The molecule has 0 radical (unpaired) electrons. The zero-order valence-electron chi connectivity index (χ0n) is 38.2. The van der Waals surface area contributed by atoms with Crippen molar-refractivity contribution in [3.05, 3.63) is 235 Å². The fourth-order valence-corrected chi connectivity index (χ4v) is 12.0. The summed E-state index contributed by atoms with van der Waals surface area (Å²) in [5.74, 6) is 1.81. The summed E-state index contributed by atoms with van der Waals surface area (Å²) in [6.45, 7) is 0. The third-order valence-electron chi connectivity index (χ3n) is 14.9. The van der Waals surface area contributed by atoms with E-state index in [2.05, 4.69) is 243 Å². The van der Waals surface area contributed by atoms with E-state index in [-0.39, 0.29) is 6.04 Å². The molecule has 6 aromatic heterocycles. The van der Waals surface area contributed by atoms with Crippen LogP contribution in [0.15, 0.2) is 218 Å². The van der Waals surface area contributed by atoms with E-state index < -0.39 is 0 Å². The van der Waals surface area contributed by atoms with Crippen molar-refractivity contribution < 1.29 is 0 Å². The molecule has 6 nitrogen and oxygen atoms in total. The Labute approximate surface area is 403 Å². The van der Waals surface area contributed by atoms with E-state index in [1.807, 2.05) is 0 Å². The van der Waals surface area contributed by atoms with Crippen LogP contribution in [0.2, 0.25) is 0 Å². The summed E-state index contributed by atoms with van der Waals surface area (Å²) < 4.78 is 9.72. The van der Waals surface area contributed by atoms with Gasteiger partial charge in [-0.3, -0.25) is 9.13 Å². The molecule has 0 fully saturated rings. The van der Waals surface area contributed by atoms with Gasteiger partial charge in [0.05, 0.1) is 45.0 Å². The zero-order valence-corrected chi connectivity index (χ0v) is 38.2. The molecule has 6 heterocycles. The maximum Gasteiger partial charge on any atom is 0.138 e. The van der Waals surface area contributed by atoms with Crippen molar-refractivity contribution in [3.63, 3.8) is 0 Å². The van der Waals surface area contributed by atoms with E-state index >= 15 is 0 Å². The Morgan fingerprint density at radius 1 is 0.429 bits per heavy atom. The first-order chi connectivity index (χ1) is 34.7. The number of nitrogens with zero attached hydrogens (tertiary/aromatic N) is 6. The molecule has 0 bridgehead atoms. The molecule has 13 aromatic rings. The molecule has 2 aliphatic carbocycles. The third kappa shape index (κ3) is 5.74. The van der Waals surface area contributed by atoms with Gasteiger partial charge in [0.15, 0.2) is 0 Å². The highest BCUT2D eigenvalue weighted by Crippen LogP contribution is 2.44. The number of hydrogen-bond acceptors (Lipinski definition) is 2. The summed E-state index contributed by atoms with van der Waals surface area (Å²) in [5, 5.41) is 8.71. The second-order valence-corrected chi connectivity index (χ2v) is 18.8. The lowest BCUT2D eigenvalue weighted by Crippen LogP contribution is -2.09. The van der Waals surface area contributed by atoms with Gasteiger partial charge in [0.2, 0.25) is 0 Å².